The predicted molar refractivity (Wildman–Crippen MR) is 91.1 cm³/mol. The second-order valence-corrected chi connectivity index (χ2v) is 6.10. The molecule has 0 bridgehead atoms. The number of benzene rings is 1. The molecule has 0 saturated carbocycles. The Hall–Kier alpha value is -1.99. The highest BCUT2D eigenvalue weighted by molar-refractivity contribution is 5.95. The Balaban J connectivity index is 2.06. The van der Waals surface area contributed by atoms with Crippen LogP contribution in [0.4, 0.5) is 10.1 Å². The third kappa shape index (κ3) is 5.28. The average molecular weight is 336 g/mol. The molecule has 1 aromatic rings. The van der Waals surface area contributed by atoms with Crippen LogP contribution in [0.25, 0.3) is 0 Å². The Morgan fingerprint density at radius 3 is 2.71 bits per heavy atom. The topological polar surface area (TPSA) is 78.7 Å². The molecule has 24 heavy (non-hydrogen) atoms. The number of amides is 2. The van der Waals surface area contributed by atoms with Gasteiger partial charge >= 0.3 is 0 Å². The molecule has 0 spiro atoms. The first kappa shape index (κ1) is 18.4. The van der Waals surface area contributed by atoms with Crippen molar-refractivity contribution in [3.05, 3.63) is 30.1 Å². The lowest BCUT2D eigenvalue weighted by Crippen LogP contribution is -2.49. The number of hydrogen-bond donors (Lipinski definition) is 2. The van der Waals surface area contributed by atoms with Crippen molar-refractivity contribution in [2.45, 2.75) is 25.3 Å². The van der Waals surface area contributed by atoms with Crippen molar-refractivity contribution in [1.29, 1.82) is 0 Å². The molecule has 7 heteroatoms. The van der Waals surface area contributed by atoms with Gasteiger partial charge in [0.15, 0.2) is 0 Å². The number of piperidine rings is 1. The zero-order valence-corrected chi connectivity index (χ0v) is 14.0. The van der Waals surface area contributed by atoms with Gasteiger partial charge in [0.25, 0.3) is 0 Å². The van der Waals surface area contributed by atoms with Crippen LogP contribution in [-0.2, 0) is 9.59 Å². The van der Waals surface area contributed by atoms with Crippen molar-refractivity contribution < 1.29 is 14.0 Å². The second kappa shape index (κ2) is 8.75. The van der Waals surface area contributed by atoms with E-state index in [-0.39, 0.29) is 31.2 Å². The normalized spacial score (nSPS) is 18.3. The maximum atomic E-state index is 13.1. The number of primary amides is 1. The highest BCUT2D eigenvalue weighted by atomic mass is 19.1. The molecule has 0 aliphatic carbocycles. The zero-order valence-electron chi connectivity index (χ0n) is 14.0. The first-order valence-corrected chi connectivity index (χ1v) is 8.23. The Morgan fingerprint density at radius 1 is 1.38 bits per heavy atom. The number of likely N-dealkylation sites (N-methyl/N-ethyl adjacent to an activating group) is 1. The summed E-state index contributed by atoms with van der Waals surface area (Å²) in [6.45, 7) is 2.16. The first-order valence-electron chi connectivity index (χ1n) is 8.23. The van der Waals surface area contributed by atoms with Gasteiger partial charge in [-0.05, 0) is 50.7 Å². The van der Waals surface area contributed by atoms with Gasteiger partial charge in [0, 0.05) is 31.2 Å². The second-order valence-electron chi connectivity index (χ2n) is 6.10. The van der Waals surface area contributed by atoms with E-state index >= 15 is 0 Å². The zero-order chi connectivity index (χ0) is 17.5. The lowest BCUT2D eigenvalue weighted by molar-refractivity contribution is -0.120. The Labute approximate surface area is 141 Å². The van der Waals surface area contributed by atoms with Crippen molar-refractivity contribution in [2.75, 3.05) is 38.1 Å². The van der Waals surface area contributed by atoms with Gasteiger partial charge in [-0.2, -0.15) is 0 Å². The smallest absolute Gasteiger partial charge is 0.241 e. The highest BCUT2D eigenvalue weighted by Gasteiger charge is 2.24. The summed E-state index contributed by atoms with van der Waals surface area (Å²) in [5.41, 5.74) is 5.78. The SMILES string of the molecule is CNC1CCCN(CC(=O)N(CCC(N)=O)c2ccc(F)cc2)C1. The van der Waals surface area contributed by atoms with Crippen LogP contribution in [0.2, 0.25) is 0 Å². The lowest BCUT2D eigenvalue weighted by atomic mass is 10.1. The minimum Gasteiger partial charge on any atom is -0.370 e. The van der Waals surface area contributed by atoms with E-state index in [0.29, 0.717) is 11.7 Å². The van der Waals surface area contributed by atoms with E-state index in [2.05, 4.69) is 10.2 Å². The summed E-state index contributed by atoms with van der Waals surface area (Å²) in [5, 5.41) is 3.24. The summed E-state index contributed by atoms with van der Waals surface area (Å²) in [6, 6.07) is 6.08. The van der Waals surface area contributed by atoms with Crippen molar-refractivity contribution in [3.8, 4) is 0 Å². The monoisotopic (exact) mass is 336 g/mol. The number of halogens is 1. The van der Waals surface area contributed by atoms with Gasteiger partial charge in [-0.1, -0.05) is 0 Å². The Bertz CT molecular complexity index is 564. The van der Waals surface area contributed by atoms with Crippen LogP contribution >= 0.6 is 0 Å². The Kier molecular flexibility index (Phi) is 6.69. The van der Waals surface area contributed by atoms with Gasteiger partial charge in [0.1, 0.15) is 5.82 Å². The molecule has 3 N–H and O–H groups in total. The van der Waals surface area contributed by atoms with Crippen LogP contribution in [0, 0.1) is 5.82 Å². The molecule has 0 radical (unpaired) electrons. The Morgan fingerprint density at radius 2 is 2.08 bits per heavy atom. The molecule has 2 rings (SSSR count). The van der Waals surface area contributed by atoms with Gasteiger partial charge in [-0.3, -0.25) is 14.5 Å². The highest BCUT2D eigenvalue weighted by Crippen LogP contribution is 2.17. The average Bonchev–Trinajstić information content (AvgIpc) is 2.56. The minimum absolute atomic E-state index is 0.0717. The van der Waals surface area contributed by atoms with Gasteiger partial charge < -0.3 is 16.0 Å². The van der Waals surface area contributed by atoms with Crippen LogP contribution in [-0.4, -0.2) is 56.0 Å². The molecule has 1 saturated heterocycles. The van der Waals surface area contributed by atoms with Crippen LogP contribution in [0.15, 0.2) is 24.3 Å². The van der Waals surface area contributed by atoms with Crippen LogP contribution < -0.4 is 16.0 Å². The summed E-state index contributed by atoms with van der Waals surface area (Å²) in [6.07, 6.45) is 2.21. The number of nitrogens with zero attached hydrogens (tertiary/aromatic N) is 2. The molecule has 1 heterocycles. The van der Waals surface area contributed by atoms with Gasteiger partial charge in [-0.25, -0.2) is 4.39 Å². The molecule has 1 aliphatic heterocycles. The number of nitrogens with one attached hydrogen (secondary N) is 1. The number of rotatable bonds is 7. The van der Waals surface area contributed by atoms with Crippen molar-refractivity contribution in [3.63, 3.8) is 0 Å². The molecule has 132 valence electrons. The summed E-state index contributed by atoms with van der Waals surface area (Å²) in [4.78, 5) is 27.4. The fourth-order valence-corrected chi connectivity index (χ4v) is 2.95. The van der Waals surface area contributed by atoms with Gasteiger partial charge in [0.05, 0.1) is 6.54 Å². The van der Waals surface area contributed by atoms with Gasteiger partial charge in [-0.15, -0.1) is 0 Å². The maximum Gasteiger partial charge on any atom is 0.241 e. The first-order chi connectivity index (χ1) is 11.5. The number of carbonyl (C=O) groups excluding carboxylic acids is 2. The van der Waals surface area contributed by atoms with E-state index in [1.54, 1.807) is 12.1 Å². The molecule has 2 amide bonds. The van der Waals surface area contributed by atoms with E-state index in [1.165, 1.54) is 17.0 Å². The third-order valence-electron chi connectivity index (χ3n) is 4.29. The van der Waals surface area contributed by atoms with E-state index in [1.807, 2.05) is 7.05 Å². The number of hydrogen-bond acceptors (Lipinski definition) is 4. The summed E-state index contributed by atoms with van der Waals surface area (Å²) in [7, 11) is 1.92. The molecule has 0 aromatic heterocycles. The van der Waals surface area contributed by atoms with E-state index in [0.717, 1.165) is 25.9 Å². The summed E-state index contributed by atoms with van der Waals surface area (Å²) < 4.78 is 13.1. The fourth-order valence-electron chi connectivity index (χ4n) is 2.95. The van der Waals surface area contributed by atoms with Gasteiger partial charge in [0.2, 0.25) is 11.8 Å². The molecule has 1 aromatic carbocycles. The quantitative estimate of drug-likeness (QED) is 0.769. The van der Waals surface area contributed by atoms with Crippen LogP contribution in [0.1, 0.15) is 19.3 Å². The molecule has 1 aliphatic rings. The third-order valence-corrected chi connectivity index (χ3v) is 4.29. The fraction of sp³-hybridized carbons (Fsp3) is 0.529. The van der Waals surface area contributed by atoms with Crippen molar-refractivity contribution in [1.82, 2.24) is 10.2 Å². The predicted octanol–water partition coefficient (Wildman–Crippen LogP) is 0.718. The number of nitrogens with two attached hydrogens (primary N) is 1. The van der Waals surface area contributed by atoms with E-state index in [4.69, 9.17) is 5.73 Å². The summed E-state index contributed by atoms with van der Waals surface area (Å²) in [5.74, 6) is -0.948. The van der Waals surface area contributed by atoms with Crippen molar-refractivity contribution >= 4 is 17.5 Å². The van der Waals surface area contributed by atoms with E-state index in [9.17, 15) is 14.0 Å². The molecular formula is C17H25FN4O2. The molecular weight excluding hydrogens is 311 g/mol. The minimum atomic E-state index is -0.469. The number of anilines is 1. The summed E-state index contributed by atoms with van der Waals surface area (Å²) >= 11 is 0. The molecule has 1 fully saturated rings. The molecule has 1 atom stereocenters. The lowest BCUT2D eigenvalue weighted by Gasteiger charge is -2.33. The molecule has 6 nitrogen and oxygen atoms in total. The standard InChI is InChI=1S/C17H25FN4O2/c1-20-14-3-2-9-21(11-14)12-17(24)22(10-8-16(19)23)15-6-4-13(18)5-7-15/h4-7,14,20H,2-3,8-12H2,1H3,(H2,19,23). The maximum absolute atomic E-state index is 13.1. The number of likely N-dealkylation sites (tertiary alicyclic amines) is 1. The van der Waals surface area contributed by atoms with Crippen LogP contribution in [0.3, 0.4) is 0 Å². The molecule has 1 unspecified atom stereocenters. The van der Waals surface area contributed by atoms with E-state index < -0.39 is 5.91 Å². The van der Waals surface area contributed by atoms with Crippen molar-refractivity contribution in [2.24, 2.45) is 5.73 Å². The van der Waals surface area contributed by atoms with Crippen LogP contribution in [0.5, 0.6) is 0 Å². The largest absolute Gasteiger partial charge is 0.370 e. The number of carbonyl (C=O) groups is 2.